The molecule has 1 rings (SSSR count). The molecule has 0 atom stereocenters. The molecule has 0 radical (unpaired) electrons. The number of aryl methyl sites for hydroxylation is 1. The number of benzene rings is 1. The fourth-order valence-corrected chi connectivity index (χ4v) is 1.46. The van der Waals surface area contributed by atoms with E-state index in [2.05, 4.69) is 15.9 Å². The minimum absolute atomic E-state index is 0.624. The van der Waals surface area contributed by atoms with E-state index in [1.54, 1.807) is 12.1 Å². The van der Waals surface area contributed by atoms with E-state index < -0.39 is 0 Å². The molecule has 56 valence electrons. The van der Waals surface area contributed by atoms with Gasteiger partial charge in [-0.2, -0.15) is 5.26 Å². The van der Waals surface area contributed by atoms with E-state index >= 15 is 0 Å². The summed E-state index contributed by atoms with van der Waals surface area (Å²) >= 11 is 9.10. The maximum Gasteiger partial charge on any atom is 0.0992 e. The lowest BCUT2D eigenvalue weighted by atomic mass is 10.2. The Kier molecular flexibility index (Phi) is 2.53. The van der Waals surface area contributed by atoms with E-state index in [0.29, 0.717) is 10.6 Å². The van der Waals surface area contributed by atoms with Gasteiger partial charge in [0.25, 0.3) is 0 Å². The monoisotopic (exact) mass is 229 g/mol. The van der Waals surface area contributed by atoms with Gasteiger partial charge in [-0.3, -0.25) is 0 Å². The summed E-state index contributed by atoms with van der Waals surface area (Å²) in [5.74, 6) is 0. The van der Waals surface area contributed by atoms with Crippen molar-refractivity contribution in [2.75, 3.05) is 0 Å². The van der Waals surface area contributed by atoms with E-state index in [4.69, 9.17) is 16.9 Å². The average Bonchev–Trinajstić information content (AvgIpc) is 1.99. The molecule has 0 aliphatic carbocycles. The third-order valence-electron chi connectivity index (χ3n) is 1.34. The largest absolute Gasteiger partial charge is 0.192 e. The zero-order valence-electron chi connectivity index (χ0n) is 5.86. The van der Waals surface area contributed by atoms with Crippen molar-refractivity contribution in [1.82, 2.24) is 0 Å². The average molecular weight is 230 g/mol. The first-order valence-corrected chi connectivity index (χ1v) is 4.18. The maximum atomic E-state index is 8.56. The van der Waals surface area contributed by atoms with Crippen LogP contribution in [-0.2, 0) is 0 Å². The van der Waals surface area contributed by atoms with Gasteiger partial charge in [0, 0.05) is 4.47 Å². The summed E-state index contributed by atoms with van der Waals surface area (Å²) in [4.78, 5) is 0. The molecular formula is C8H5BrClN. The fraction of sp³-hybridized carbons (Fsp3) is 0.125. The predicted molar refractivity (Wildman–Crippen MR) is 48.6 cm³/mol. The molecule has 1 aromatic carbocycles. The summed E-state index contributed by atoms with van der Waals surface area (Å²) in [5, 5.41) is 9.23. The summed E-state index contributed by atoms with van der Waals surface area (Å²) in [6, 6.07) is 5.51. The van der Waals surface area contributed by atoms with Gasteiger partial charge >= 0.3 is 0 Å². The van der Waals surface area contributed by atoms with Crippen LogP contribution in [0.15, 0.2) is 16.6 Å². The van der Waals surface area contributed by atoms with Crippen molar-refractivity contribution in [2.24, 2.45) is 0 Å². The lowest BCUT2D eigenvalue weighted by Crippen LogP contribution is -1.80. The van der Waals surface area contributed by atoms with E-state index in [1.165, 1.54) is 0 Å². The second-order valence-electron chi connectivity index (χ2n) is 2.20. The third kappa shape index (κ3) is 1.74. The molecule has 0 N–H and O–H groups in total. The van der Waals surface area contributed by atoms with Crippen LogP contribution in [0.3, 0.4) is 0 Å². The first-order valence-electron chi connectivity index (χ1n) is 3.01. The molecule has 0 bridgehead atoms. The van der Waals surface area contributed by atoms with Crippen molar-refractivity contribution in [2.45, 2.75) is 6.92 Å². The number of hydrogen-bond acceptors (Lipinski definition) is 1. The highest BCUT2D eigenvalue weighted by Gasteiger charge is 2.02. The smallest absolute Gasteiger partial charge is 0.0992 e. The fourth-order valence-electron chi connectivity index (χ4n) is 0.791. The first kappa shape index (κ1) is 8.58. The van der Waals surface area contributed by atoms with Crippen molar-refractivity contribution < 1.29 is 0 Å². The molecule has 0 heterocycles. The molecule has 0 saturated heterocycles. The zero-order chi connectivity index (χ0) is 8.43. The van der Waals surface area contributed by atoms with Gasteiger partial charge in [0.05, 0.1) is 16.7 Å². The molecule has 0 amide bonds. The lowest BCUT2D eigenvalue weighted by molar-refractivity contribution is 1.40. The van der Waals surface area contributed by atoms with E-state index in [9.17, 15) is 0 Å². The number of hydrogen-bond donors (Lipinski definition) is 0. The molecule has 0 fully saturated rings. The topological polar surface area (TPSA) is 23.8 Å². The molecule has 11 heavy (non-hydrogen) atoms. The molecule has 1 aromatic rings. The molecular weight excluding hydrogens is 225 g/mol. The number of nitriles is 1. The predicted octanol–water partition coefficient (Wildman–Crippen LogP) is 3.28. The summed E-state index contributed by atoms with van der Waals surface area (Å²) in [7, 11) is 0. The Bertz CT molecular complexity index is 304. The van der Waals surface area contributed by atoms with Crippen LogP contribution in [0.1, 0.15) is 11.1 Å². The van der Waals surface area contributed by atoms with Gasteiger partial charge in [0.2, 0.25) is 0 Å². The van der Waals surface area contributed by atoms with Crippen LogP contribution in [0.5, 0.6) is 0 Å². The molecule has 0 saturated carbocycles. The highest BCUT2D eigenvalue weighted by Crippen LogP contribution is 2.26. The second-order valence-corrected chi connectivity index (χ2v) is 3.43. The van der Waals surface area contributed by atoms with Crippen molar-refractivity contribution in [3.05, 3.63) is 32.8 Å². The molecule has 0 aromatic heterocycles. The first-order chi connectivity index (χ1) is 5.15. The Labute approximate surface area is 78.7 Å². The van der Waals surface area contributed by atoms with Gasteiger partial charge < -0.3 is 0 Å². The van der Waals surface area contributed by atoms with E-state index in [-0.39, 0.29) is 0 Å². The van der Waals surface area contributed by atoms with Crippen LogP contribution in [0.2, 0.25) is 5.02 Å². The van der Waals surface area contributed by atoms with Crippen molar-refractivity contribution in [3.63, 3.8) is 0 Å². The summed E-state index contributed by atoms with van der Waals surface area (Å²) in [5.41, 5.74) is 1.54. The summed E-state index contributed by atoms with van der Waals surface area (Å²) < 4.78 is 0.774. The Morgan fingerprint density at radius 2 is 2.18 bits per heavy atom. The summed E-state index contributed by atoms with van der Waals surface area (Å²) in [6.07, 6.45) is 0. The standard InChI is InChI=1S/C8H5BrClN/c1-5-2-6(4-11)3-7(9)8(5)10/h2-3H,1H3. The normalized spacial score (nSPS) is 9.27. The highest BCUT2D eigenvalue weighted by molar-refractivity contribution is 9.10. The van der Waals surface area contributed by atoms with Gasteiger partial charge in [0.1, 0.15) is 0 Å². The van der Waals surface area contributed by atoms with Crippen LogP contribution >= 0.6 is 27.5 Å². The highest BCUT2D eigenvalue weighted by atomic mass is 79.9. The van der Waals surface area contributed by atoms with Crippen LogP contribution in [-0.4, -0.2) is 0 Å². The SMILES string of the molecule is Cc1cc(C#N)cc(Br)c1Cl. The lowest BCUT2D eigenvalue weighted by Gasteiger charge is -1.99. The number of rotatable bonds is 0. The van der Waals surface area contributed by atoms with Crippen molar-refractivity contribution in [1.29, 1.82) is 5.26 Å². The van der Waals surface area contributed by atoms with Crippen LogP contribution in [0, 0.1) is 18.3 Å². The number of nitrogens with zero attached hydrogens (tertiary/aromatic N) is 1. The van der Waals surface area contributed by atoms with E-state index in [1.807, 2.05) is 13.0 Å². The van der Waals surface area contributed by atoms with Gasteiger partial charge in [-0.1, -0.05) is 11.6 Å². The van der Waals surface area contributed by atoms with Crippen LogP contribution < -0.4 is 0 Å². The Morgan fingerprint density at radius 1 is 1.55 bits per heavy atom. The Balaban J connectivity index is 3.35. The number of halogens is 2. The molecule has 0 unspecified atom stereocenters. The quantitative estimate of drug-likeness (QED) is 0.671. The Morgan fingerprint density at radius 3 is 2.64 bits per heavy atom. The molecule has 0 aliphatic heterocycles. The molecule has 3 heteroatoms. The van der Waals surface area contributed by atoms with Crippen LogP contribution in [0.4, 0.5) is 0 Å². The van der Waals surface area contributed by atoms with E-state index in [0.717, 1.165) is 10.0 Å². The van der Waals surface area contributed by atoms with Gasteiger partial charge in [0.15, 0.2) is 0 Å². The molecule has 0 spiro atoms. The molecule has 0 aliphatic rings. The zero-order valence-corrected chi connectivity index (χ0v) is 8.20. The molecule has 1 nitrogen and oxygen atoms in total. The minimum Gasteiger partial charge on any atom is -0.192 e. The van der Waals surface area contributed by atoms with Crippen molar-refractivity contribution >= 4 is 27.5 Å². The van der Waals surface area contributed by atoms with Gasteiger partial charge in [-0.05, 0) is 40.5 Å². The summed E-state index contributed by atoms with van der Waals surface area (Å²) in [6.45, 7) is 1.87. The van der Waals surface area contributed by atoms with Gasteiger partial charge in [-0.15, -0.1) is 0 Å². The van der Waals surface area contributed by atoms with Gasteiger partial charge in [-0.25, -0.2) is 0 Å². The maximum absolute atomic E-state index is 8.56. The minimum atomic E-state index is 0.624. The van der Waals surface area contributed by atoms with Crippen molar-refractivity contribution in [3.8, 4) is 6.07 Å². The third-order valence-corrected chi connectivity index (χ3v) is 2.69. The second kappa shape index (κ2) is 3.25. The Hall–Kier alpha value is -0.520. The van der Waals surface area contributed by atoms with Crippen LogP contribution in [0.25, 0.3) is 0 Å².